The van der Waals surface area contributed by atoms with E-state index in [9.17, 15) is 9.90 Å². The molecule has 142 valence electrons. The fourth-order valence-corrected chi connectivity index (χ4v) is 3.02. The monoisotopic (exact) mass is 388 g/mol. The molecule has 1 saturated heterocycles. The molecule has 1 aromatic heterocycles. The van der Waals surface area contributed by atoms with E-state index in [4.69, 9.17) is 21.7 Å². The summed E-state index contributed by atoms with van der Waals surface area (Å²) in [4.78, 5) is 17.2. The van der Waals surface area contributed by atoms with E-state index in [1.165, 1.54) is 6.07 Å². The van der Waals surface area contributed by atoms with Crippen molar-refractivity contribution in [3.8, 4) is 0 Å². The molecule has 3 rings (SSSR count). The molecule has 0 bridgehead atoms. The molecule has 27 heavy (non-hydrogen) atoms. The van der Waals surface area contributed by atoms with Gasteiger partial charge in [-0.05, 0) is 49.2 Å². The number of carboxylic acids is 1. The number of pyridine rings is 1. The average Bonchev–Trinajstić information content (AvgIpc) is 2.68. The smallest absolute Gasteiger partial charge is 0.354 e. The number of anilines is 2. The lowest BCUT2D eigenvalue weighted by molar-refractivity contribution is 0.0690. The summed E-state index contributed by atoms with van der Waals surface area (Å²) in [5, 5.41) is 21.9. The number of rotatable bonds is 5. The number of amidine groups is 1. The van der Waals surface area contributed by atoms with Crippen LogP contribution in [-0.2, 0) is 4.74 Å². The molecule has 0 amide bonds. The van der Waals surface area contributed by atoms with Gasteiger partial charge in [0.15, 0.2) is 5.84 Å². The van der Waals surface area contributed by atoms with Crippen LogP contribution in [0.5, 0.6) is 0 Å². The molecule has 2 heterocycles. The summed E-state index contributed by atoms with van der Waals surface area (Å²) in [6.45, 7) is 1.35. The lowest BCUT2D eigenvalue weighted by Gasteiger charge is -2.27. The number of ether oxygens (including phenoxy) is 1. The Morgan fingerprint density at radius 1 is 1.26 bits per heavy atom. The van der Waals surface area contributed by atoms with Crippen molar-refractivity contribution < 1.29 is 14.6 Å². The number of hydrogen-bond donors (Lipinski definition) is 3. The molecular formula is C19H21ClN4O3. The molecule has 0 atom stereocenters. The second-order valence-corrected chi connectivity index (χ2v) is 6.75. The minimum atomic E-state index is -1.13. The number of carboxylic acid groups (broad SMARTS) is 1. The number of carbonyl (C=O) groups is 1. The van der Waals surface area contributed by atoms with Crippen molar-refractivity contribution >= 4 is 34.8 Å². The van der Waals surface area contributed by atoms with E-state index < -0.39 is 5.97 Å². The highest BCUT2D eigenvalue weighted by atomic mass is 35.5. The topological polar surface area (TPSA) is 98.5 Å². The van der Waals surface area contributed by atoms with Gasteiger partial charge in [-0.2, -0.15) is 0 Å². The summed E-state index contributed by atoms with van der Waals surface area (Å²) < 4.78 is 5.38. The zero-order chi connectivity index (χ0) is 19.4. The molecule has 0 unspecified atom stereocenters. The molecule has 0 radical (unpaired) electrons. The predicted molar refractivity (Wildman–Crippen MR) is 105 cm³/mol. The van der Waals surface area contributed by atoms with E-state index in [0.717, 1.165) is 18.5 Å². The minimum absolute atomic E-state index is 0.0926. The molecule has 1 aromatic carbocycles. The first-order valence-electron chi connectivity index (χ1n) is 8.62. The highest BCUT2D eigenvalue weighted by molar-refractivity contribution is 6.30. The number of hydrogen-bond acceptors (Lipinski definition) is 5. The molecule has 1 aliphatic rings. The molecule has 1 fully saturated rings. The van der Waals surface area contributed by atoms with Crippen LogP contribution in [0.3, 0.4) is 0 Å². The molecule has 3 N–H and O–H groups in total. The third-order valence-corrected chi connectivity index (χ3v) is 4.72. The van der Waals surface area contributed by atoms with Gasteiger partial charge in [-0.15, -0.1) is 0 Å². The molecular weight excluding hydrogens is 368 g/mol. The van der Waals surface area contributed by atoms with E-state index in [1.807, 2.05) is 0 Å². The lowest BCUT2D eigenvalue weighted by Crippen LogP contribution is -2.32. The maximum Gasteiger partial charge on any atom is 0.354 e. The summed E-state index contributed by atoms with van der Waals surface area (Å²) in [6.07, 6.45) is 1.70. The Kier molecular flexibility index (Phi) is 5.93. The standard InChI is InChI=1S/C19H21ClN4O3/c1-24(14-4-2-12(20)3-5-14)18(21)17-15(6-7-16(23-17)19(25)26)22-13-8-10-27-11-9-13/h2-7,13,21-22H,8-11H2,1H3,(H,25,26). The van der Waals surface area contributed by atoms with Crippen molar-refractivity contribution in [3.05, 3.63) is 52.8 Å². The maximum absolute atomic E-state index is 11.4. The summed E-state index contributed by atoms with van der Waals surface area (Å²) in [5.41, 5.74) is 1.58. The molecule has 8 heteroatoms. The Hall–Kier alpha value is -2.64. The number of aromatic carboxylic acids is 1. The minimum Gasteiger partial charge on any atom is -0.477 e. The van der Waals surface area contributed by atoms with Crippen LogP contribution in [0.4, 0.5) is 11.4 Å². The summed E-state index contributed by atoms with van der Waals surface area (Å²) in [5.74, 6) is -1.04. The van der Waals surface area contributed by atoms with Gasteiger partial charge in [0, 0.05) is 37.0 Å². The molecule has 0 aliphatic carbocycles. The SMILES string of the molecule is CN(C(=N)c1nc(C(=O)O)ccc1NC1CCOCC1)c1ccc(Cl)cc1. The van der Waals surface area contributed by atoms with E-state index >= 15 is 0 Å². The van der Waals surface area contributed by atoms with Crippen LogP contribution in [0.15, 0.2) is 36.4 Å². The molecule has 7 nitrogen and oxygen atoms in total. The number of nitrogens with zero attached hydrogens (tertiary/aromatic N) is 2. The fraction of sp³-hybridized carbons (Fsp3) is 0.316. The zero-order valence-corrected chi connectivity index (χ0v) is 15.7. The van der Waals surface area contributed by atoms with Crippen LogP contribution in [0.1, 0.15) is 29.0 Å². The lowest BCUT2D eigenvalue weighted by atomic mass is 10.1. The maximum atomic E-state index is 11.4. The summed E-state index contributed by atoms with van der Waals surface area (Å²) in [6, 6.07) is 10.4. The van der Waals surface area contributed by atoms with Gasteiger partial charge in [-0.1, -0.05) is 11.6 Å². The van der Waals surface area contributed by atoms with Gasteiger partial charge in [0.05, 0.1) is 5.69 Å². The number of nitrogens with one attached hydrogen (secondary N) is 2. The van der Waals surface area contributed by atoms with Crippen molar-refractivity contribution in [1.29, 1.82) is 5.41 Å². The van der Waals surface area contributed by atoms with Gasteiger partial charge < -0.3 is 20.1 Å². The summed E-state index contributed by atoms with van der Waals surface area (Å²) >= 11 is 5.93. The van der Waals surface area contributed by atoms with E-state index in [1.54, 1.807) is 42.3 Å². The van der Waals surface area contributed by atoms with Crippen molar-refractivity contribution in [2.24, 2.45) is 0 Å². The van der Waals surface area contributed by atoms with Crippen molar-refractivity contribution in [2.45, 2.75) is 18.9 Å². The second kappa shape index (κ2) is 8.37. The Morgan fingerprint density at radius 2 is 1.93 bits per heavy atom. The van der Waals surface area contributed by atoms with E-state index in [-0.39, 0.29) is 17.6 Å². The molecule has 1 aliphatic heterocycles. The third kappa shape index (κ3) is 4.56. The molecule has 0 saturated carbocycles. The van der Waals surface area contributed by atoms with Gasteiger partial charge in [0.1, 0.15) is 11.4 Å². The second-order valence-electron chi connectivity index (χ2n) is 6.31. The largest absolute Gasteiger partial charge is 0.477 e. The quantitative estimate of drug-likeness (QED) is 0.535. The van der Waals surface area contributed by atoms with Crippen LogP contribution in [0.25, 0.3) is 0 Å². The van der Waals surface area contributed by atoms with Crippen LogP contribution >= 0.6 is 11.6 Å². The van der Waals surface area contributed by atoms with Gasteiger partial charge in [-0.25, -0.2) is 9.78 Å². The van der Waals surface area contributed by atoms with Crippen LogP contribution in [0, 0.1) is 5.41 Å². The van der Waals surface area contributed by atoms with Gasteiger partial charge in [-0.3, -0.25) is 5.41 Å². The molecule has 2 aromatic rings. The third-order valence-electron chi connectivity index (χ3n) is 4.47. The average molecular weight is 389 g/mol. The highest BCUT2D eigenvalue weighted by Crippen LogP contribution is 2.23. The Labute approximate surface area is 162 Å². The summed E-state index contributed by atoms with van der Waals surface area (Å²) in [7, 11) is 1.74. The Morgan fingerprint density at radius 3 is 2.56 bits per heavy atom. The van der Waals surface area contributed by atoms with Crippen molar-refractivity contribution in [2.75, 3.05) is 30.5 Å². The van der Waals surface area contributed by atoms with Gasteiger partial charge in [0.25, 0.3) is 0 Å². The van der Waals surface area contributed by atoms with Gasteiger partial charge in [0.2, 0.25) is 0 Å². The number of halogens is 1. The van der Waals surface area contributed by atoms with E-state index in [0.29, 0.717) is 29.6 Å². The predicted octanol–water partition coefficient (Wildman–Crippen LogP) is 3.49. The van der Waals surface area contributed by atoms with Crippen LogP contribution < -0.4 is 10.2 Å². The van der Waals surface area contributed by atoms with Crippen LogP contribution in [-0.4, -0.2) is 48.2 Å². The zero-order valence-electron chi connectivity index (χ0n) is 14.9. The fourth-order valence-electron chi connectivity index (χ4n) is 2.89. The highest BCUT2D eigenvalue weighted by Gasteiger charge is 2.21. The Balaban J connectivity index is 1.92. The van der Waals surface area contributed by atoms with Crippen molar-refractivity contribution in [3.63, 3.8) is 0 Å². The first-order chi connectivity index (χ1) is 13.0. The Bertz CT molecular complexity index is 835. The normalized spacial score (nSPS) is 14.6. The number of benzene rings is 1. The van der Waals surface area contributed by atoms with Crippen molar-refractivity contribution in [1.82, 2.24) is 4.98 Å². The number of aromatic nitrogens is 1. The van der Waals surface area contributed by atoms with Gasteiger partial charge >= 0.3 is 5.97 Å². The first-order valence-corrected chi connectivity index (χ1v) is 9.00. The van der Waals surface area contributed by atoms with Crippen LogP contribution in [0.2, 0.25) is 5.02 Å². The molecule has 0 spiro atoms. The van der Waals surface area contributed by atoms with E-state index in [2.05, 4.69) is 10.3 Å². The first kappa shape index (κ1) is 19.1.